The van der Waals surface area contributed by atoms with Gasteiger partial charge in [-0.25, -0.2) is 36.1 Å². The Balaban J connectivity index is 0.000000505. The molecule has 0 saturated carbocycles. The second-order valence-electron chi connectivity index (χ2n) is 6.05. The number of quaternary nitrogens is 1. The molecule has 3 nitrogen and oxygen atoms in total. The van der Waals surface area contributed by atoms with Crippen LogP contribution in [0.15, 0.2) is 30.3 Å². The minimum Gasteiger partial charge on any atom is -0.598 e. The molecule has 11 heteroatoms. The summed E-state index contributed by atoms with van der Waals surface area (Å²) in [5.74, 6) is 0.999. The summed E-state index contributed by atoms with van der Waals surface area (Å²) in [6.07, 6.45) is 0. The number of hydrogen-bond acceptors (Lipinski definition) is 1. The van der Waals surface area contributed by atoms with Crippen molar-refractivity contribution in [3.05, 3.63) is 35.9 Å². The molecule has 0 amide bonds. The van der Waals surface area contributed by atoms with Crippen LogP contribution in [0.25, 0.3) is 0 Å². The van der Waals surface area contributed by atoms with Gasteiger partial charge in [0.05, 0.1) is 6.04 Å². The second kappa shape index (κ2) is 9.24. The third-order valence-electron chi connectivity index (χ3n) is 4.11. The summed E-state index contributed by atoms with van der Waals surface area (Å²) in [7, 11) is 6.26. The molecule has 24 heavy (non-hydrogen) atoms. The van der Waals surface area contributed by atoms with E-state index in [0.29, 0.717) is 6.04 Å². The molecule has 0 spiro atoms. The van der Waals surface area contributed by atoms with Crippen LogP contribution >= 0.6 is 94.5 Å². The first kappa shape index (κ1) is 23.7. The molecular weight excluding hydrogens is 701 g/mol. The highest BCUT2D eigenvalue weighted by Gasteiger charge is 2.55. The van der Waals surface area contributed by atoms with E-state index in [9.17, 15) is 0 Å². The first-order valence-corrected chi connectivity index (χ1v) is 12.8. The van der Waals surface area contributed by atoms with Gasteiger partial charge in [0, 0.05) is 12.6 Å². The van der Waals surface area contributed by atoms with Crippen molar-refractivity contribution in [2.75, 3.05) is 27.7 Å². The Labute approximate surface area is 194 Å². The van der Waals surface area contributed by atoms with Crippen LogP contribution in [0.4, 0.5) is 0 Å². The molecule has 1 heterocycles. The van der Waals surface area contributed by atoms with E-state index in [1.165, 1.54) is 5.56 Å². The van der Waals surface area contributed by atoms with Crippen LogP contribution in [-0.4, -0.2) is 48.1 Å². The maximum atomic E-state index is 6.08. The van der Waals surface area contributed by atoms with E-state index in [4.69, 9.17) is 4.65 Å². The van der Waals surface area contributed by atoms with E-state index in [2.05, 4.69) is 139 Å². The normalized spacial score (nSPS) is 23.8. The maximum Gasteiger partial charge on any atom is 0.514 e. The summed E-state index contributed by atoms with van der Waals surface area (Å²) >= 11 is 20.3. The smallest absolute Gasteiger partial charge is 0.514 e. The van der Waals surface area contributed by atoms with Gasteiger partial charge in [-0.15, -0.1) is 0 Å². The summed E-state index contributed by atoms with van der Waals surface area (Å²) in [5.41, 5.74) is 1.32. The lowest BCUT2D eigenvalue weighted by molar-refractivity contribution is -0.827. The van der Waals surface area contributed by atoms with E-state index in [-0.39, 0.29) is 0 Å². The summed E-state index contributed by atoms with van der Waals surface area (Å²) in [5, 5.41) is 0. The van der Waals surface area contributed by atoms with E-state index < -0.39 is 5.57 Å². The number of nitrogens with zero attached hydrogens (tertiary/aromatic N) is 2. The zero-order chi connectivity index (χ0) is 18.8. The van der Waals surface area contributed by atoms with Gasteiger partial charge in [-0.3, -0.25) is 0 Å². The van der Waals surface area contributed by atoms with Crippen molar-refractivity contribution >= 4 is 106 Å². The number of benzene rings is 1. The number of halogens is 6. The third-order valence-corrected chi connectivity index (χ3v) is 6.35. The molecule has 1 aromatic rings. The summed E-state index contributed by atoms with van der Waals surface area (Å²) in [6.45, 7) is 3.11. The van der Waals surface area contributed by atoms with Gasteiger partial charge in [-0.05, 0) is 6.92 Å². The lowest BCUT2D eigenvalue weighted by atomic mass is 9.98. The fourth-order valence-electron chi connectivity index (χ4n) is 2.44. The van der Waals surface area contributed by atoms with Crippen molar-refractivity contribution in [1.82, 2.24) is 0 Å². The Morgan fingerprint density at radius 3 is 1.96 bits per heavy atom. The van der Waals surface area contributed by atoms with Crippen LogP contribution in [0, 0.1) is 0 Å². The second-order valence-corrected chi connectivity index (χ2v) is 22.6. The molecule has 1 aromatic carbocycles. The Morgan fingerprint density at radius 1 is 1.12 bits per heavy atom. The van der Waals surface area contributed by atoms with E-state index in [1.54, 1.807) is 0 Å². The van der Waals surface area contributed by atoms with E-state index >= 15 is 0 Å². The molecular formula is C13H20B2Br6N2O. The molecule has 2 atom stereocenters. The number of rotatable bonds is 2. The highest BCUT2D eigenvalue weighted by molar-refractivity contribution is 9.90. The predicted molar refractivity (Wildman–Crippen MR) is 129 cm³/mol. The van der Waals surface area contributed by atoms with Crippen LogP contribution in [0.1, 0.15) is 18.5 Å². The molecule has 1 aliphatic heterocycles. The fraction of sp³-hybridized carbons (Fsp3) is 0.462. The monoisotopic (exact) mass is 716 g/mol. The molecule has 0 N–H and O–H groups in total. The average molecular weight is 721 g/mol. The molecule has 0 bridgehead atoms. The highest BCUT2D eigenvalue weighted by Crippen LogP contribution is 2.44. The number of hydrogen-bond donors (Lipinski definition) is 0. The SMILES string of the molecule is Br[B-](Br)(Br)Br.CC(c1ccccc1)[N+]1(C)CC(=[N+](C)C)O[B-]1(Br)Br. The van der Waals surface area contributed by atoms with E-state index in [1.807, 2.05) is 18.7 Å². The molecule has 0 radical (unpaired) electrons. The molecule has 136 valence electrons. The lowest BCUT2D eigenvalue weighted by Gasteiger charge is -2.48. The zero-order valence-electron chi connectivity index (χ0n) is 13.9. The summed E-state index contributed by atoms with van der Waals surface area (Å²) in [6, 6.07) is 10.9. The Morgan fingerprint density at radius 2 is 1.58 bits per heavy atom. The van der Waals surface area contributed by atoms with Crippen LogP contribution in [0.5, 0.6) is 0 Å². The van der Waals surface area contributed by atoms with Crippen molar-refractivity contribution in [3.8, 4) is 0 Å². The van der Waals surface area contributed by atoms with Crippen molar-refractivity contribution < 1.29 is 13.6 Å². The van der Waals surface area contributed by atoms with Gasteiger partial charge >= 0.3 is 10.0 Å². The van der Waals surface area contributed by atoms with Gasteiger partial charge in [0.2, 0.25) is 1.44 Å². The van der Waals surface area contributed by atoms with Crippen molar-refractivity contribution in [2.24, 2.45) is 0 Å². The standard InChI is InChI=1S/C13H20BBr2N2O.BBr4/c1-11(12-8-6-5-7-9-12)18(4)10-13(17(2)3)19-14(18,15)16;2-1(3,4)5/h5-9,11H,10H2,1-4H3;/q+1;-1. The van der Waals surface area contributed by atoms with Gasteiger partial charge in [0.25, 0.3) is 0 Å². The van der Waals surface area contributed by atoms with Crippen molar-refractivity contribution in [1.29, 1.82) is 0 Å². The van der Waals surface area contributed by atoms with Crippen LogP contribution in [-0.2, 0) is 4.65 Å². The highest BCUT2D eigenvalue weighted by atomic mass is 80.0. The Hall–Kier alpha value is 1.66. The van der Waals surface area contributed by atoms with Crippen molar-refractivity contribution in [2.45, 2.75) is 13.0 Å². The quantitative estimate of drug-likeness (QED) is 0.265. The van der Waals surface area contributed by atoms with E-state index in [0.717, 1.165) is 16.8 Å². The number of likely N-dealkylation sites (N-methyl/N-ethyl adjacent to an activating group) is 1. The topological polar surface area (TPSA) is 12.2 Å². The molecule has 1 fully saturated rings. The first-order chi connectivity index (χ1) is 10.8. The maximum absolute atomic E-state index is 6.08. The minimum atomic E-state index is -1.31. The lowest BCUT2D eigenvalue weighted by Crippen LogP contribution is -2.57. The van der Waals surface area contributed by atoms with Gasteiger partial charge in [0.15, 0.2) is 6.54 Å². The van der Waals surface area contributed by atoms with Gasteiger partial charge in [0.1, 0.15) is 14.1 Å². The Bertz CT molecular complexity index is 586. The van der Waals surface area contributed by atoms with Crippen molar-refractivity contribution in [3.63, 3.8) is 0 Å². The van der Waals surface area contributed by atoms with Gasteiger partial charge in [-0.1, -0.05) is 30.3 Å². The third kappa shape index (κ3) is 6.68. The zero-order valence-corrected chi connectivity index (χ0v) is 23.4. The average Bonchev–Trinajstić information content (AvgIpc) is 2.69. The van der Waals surface area contributed by atoms with Crippen LogP contribution < -0.4 is 0 Å². The largest absolute Gasteiger partial charge is 0.598 e. The summed E-state index contributed by atoms with van der Waals surface area (Å²) in [4.78, 5) is 0. The van der Waals surface area contributed by atoms with Crippen LogP contribution in [0.2, 0.25) is 0 Å². The Kier molecular flexibility index (Phi) is 9.12. The van der Waals surface area contributed by atoms with Crippen LogP contribution in [0.3, 0.4) is 0 Å². The van der Waals surface area contributed by atoms with Gasteiger partial charge < -0.3 is 72.1 Å². The molecule has 1 saturated heterocycles. The predicted octanol–water partition coefficient (Wildman–Crippen LogP) is 6.12. The molecule has 0 aromatic heterocycles. The molecule has 2 rings (SSSR count). The molecule has 2 unspecified atom stereocenters. The minimum absolute atomic E-state index is 0.331. The fourth-order valence-corrected chi connectivity index (χ4v) is 3.87. The van der Waals surface area contributed by atoms with Gasteiger partial charge in [-0.2, -0.15) is 0 Å². The molecule has 0 aliphatic carbocycles. The summed E-state index contributed by atoms with van der Waals surface area (Å²) < 4.78 is 6.83. The molecule has 1 aliphatic rings. The first-order valence-electron chi connectivity index (χ1n) is 7.28.